The Morgan fingerprint density at radius 3 is 2.96 bits per heavy atom. The molecular weight excluding hydrogens is 302 g/mol. The molecule has 1 saturated heterocycles. The zero-order valence-corrected chi connectivity index (χ0v) is 13.2. The lowest BCUT2D eigenvalue weighted by Gasteiger charge is -2.32. The SMILES string of the molecule is COc1cccc(CO[C@H](C)C(=O)N2CCO[C@@H](C(=O)O)C2)c1. The van der Waals surface area contributed by atoms with Gasteiger partial charge < -0.3 is 24.2 Å². The standard InChI is InChI=1S/C16H21NO6/c1-11(23-10-12-4-3-5-13(8-12)21-2)15(18)17-6-7-22-14(9-17)16(19)20/h3-5,8,11,14H,6-7,9-10H2,1-2H3,(H,19,20)/t11-,14-/m1/s1. The Balaban J connectivity index is 1.88. The van der Waals surface area contributed by atoms with E-state index in [1.807, 2.05) is 24.3 Å². The molecule has 0 aliphatic carbocycles. The number of ether oxygens (including phenoxy) is 3. The van der Waals surface area contributed by atoms with E-state index in [4.69, 9.17) is 19.3 Å². The Morgan fingerprint density at radius 1 is 1.48 bits per heavy atom. The van der Waals surface area contributed by atoms with E-state index in [9.17, 15) is 9.59 Å². The van der Waals surface area contributed by atoms with Crippen LogP contribution >= 0.6 is 0 Å². The number of morpholine rings is 1. The van der Waals surface area contributed by atoms with Crippen LogP contribution in [0.25, 0.3) is 0 Å². The first kappa shape index (κ1) is 17.2. The van der Waals surface area contributed by atoms with E-state index in [-0.39, 0.29) is 25.7 Å². The summed E-state index contributed by atoms with van der Waals surface area (Å²) in [5.74, 6) is -0.572. The summed E-state index contributed by atoms with van der Waals surface area (Å²) >= 11 is 0. The summed E-state index contributed by atoms with van der Waals surface area (Å²) in [7, 11) is 1.59. The third-order valence-electron chi connectivity index (χ3n) is 3.64. The average Bonchev–Trinajstić information content (AvgIpc) is 2.59. The van der Waals surface area contributed by atoms with Gasteiger partial charge in [0.15, 0.2) is 6.10 Å². The molecule has 1 heterocycles. The molecule has 1 amide bonds. The summed E-state index contributed by atoms with van der Waals surface area (Å²) in [4.78, 5) is 24.8. The number of carbonyl (C=O) groups excluding carboxylic acids is 1. The van der Waals surface area contributed by atoms with Crippen LogP contribution in [0.3, 0.4) is 0 Å². The van der Waals surface area contributed by atoms with Crippen molar-refractivity contribution in [3.63, 3.8) is 0 Å². The molecular formula is C16H21NO6. The van der Waals surface area contributed by atoms with Gasteiger partial charge in [0.25, 0.3) is 5.91 Å². The molecule has 1 N–H and O–H groups in total. The van der Waals surface area contributed by atoms with Gasteiger partial charge in [-0.1, -0.05) is 12.1 Å². The summed E-state index contributed by atoms with van der Waals surface area (Å²) < 4.78 is 15.8. The third-order valence-corrected chi connectivity index (χ3v) is 3.64. The molecule has 1 aliphatic heterocycles. The minimum atomic E-state index is -1.06. The van der Waals surface area contributed by atoms with Crippen molar-refractivity contribution < 1.29 is 28.9 Å². The summed E-state index contributed by atoms with van der Waals surface area (Å²) in [6, 6.07) is 7.41. The van der Waals surface area contributed by atoms with Crippen LogP contribution in [0.1, 0.15) is 12.5 Å². The molecule has 0 saturated carbocycles. The predicted octanol–water partition coefficient (Wildman–Crippen LogP) is 0.912. The van der Waals surface area contributed by atoms with Crippen molar-refractivity contribution in [3.05, 3.63) is 29.8 Å². The molecule has 0 radical (unpaired) electrons. The summed E-state index contributed by atoms with van der Waals surface area (Å²) in [6.07, 6.45) is -1.63. The number of nitrogens with zero attached hydrogens (tertiary/aromatic N) is 1. The quantitative estimate of drug-likeness (QED) is 0.838. The van der Waals surface area contributed by atoms with Gasteiger partial charge in [-0.25, -0.2) is 4.79 Å². The molecule has 0 bridgehead atoms. The first-order valence-corrected chi connectivity index (χ1v) is 7.39. The fourth-order valence-corrected chi connectivity index (χ4v) is 2.31. The number of amides is 1. The van der Waals surface area contributed by atoms with Gasteiger partial charge >= 0.3 is 5.97 Å². The lowest BCUT2D eigenvalue weighted by molar-refractivity contribution is -0.163. The van der Waals surface area contributed by atoms with Gasteiger partial charge in [0.1, 0.15) is 11.9 Å². The van der Waals surface area contributed by atoms with Crippen LogP contribution in [0, 0.1) is 0 Å². The zero-order chi connectivity index (χ0) is 16.8. The number of rotatable bonds is 6. The number of methoxy groups -OCH3 is 1. The fourth-order valence-electron chi connectivity index (χ4n) is 2.31. The highest BCUT2D eigenvalue weighted by atomic mass is 16.5. The maximum absolute atomic E-state index is 12.3. The van der Waals surface area contributed by atoms with Crippen molar-refractivity contribution in [2.45, 2.75) is 25.7 Å². The molecule has 126 valence electrons. The average molecular weight is 323 g/mol. The van der Waals surface area contributed by atoms with E-state index >= 15 is 0 Å². The Labute approximate surface area is 134 Å². The Hall–Kier alpha value is -2.12. The van der Waals surface area contributed by atoms with Crippen LogP contribution < -0.4 is 4.74 Å². The molecule has 2 rings (SSSR count). The van der Waals surface area contributed by atoms with Crippen LogP contribution in [0.15, 0.2) is 24.3 Å². The Kier molecular flexibility index (Phi) is 5.95. The van der Waals surface area contributed by atoms with Crippen LogP contribution in [-0.4, -0.2) is 60.9 Å². The fraction of sp³-hybridized carbons (Fsp3) is 0.500. The topological polar surface area (TPSA) is 85.3 Å². The molecule has 0 spiro atoms. The normalized spacial score (nSPS) is 19.2. The minimum Gasteiger partial charge on any atom is -0.497 e. The second-order valence-corrected chi connectivity index (χ2v) is 5.29. The van der Waals surface area contributed by atoms with E-state index in [0.29, 0.717) is 6.54 Å². The van der Waals surface area contributed by atoms with Gasteiger partial charge in [-0.2, -0.15) is 0 Å². The number of carbonyl (C=O) groups is 2. The lowest BCUT2D eigenvalue weighted by atomic mass is 10.2. The minimum absolute atomic E-state index is 0.0427. The van der Waals surface area contributed by atoms with Crippen LogP contribution in [0.5, 0.6) is 5.75 Å². The first-order valence-electron chi connectivity index (χ1n) is 7.39. The van der Waals surface area contributed by atoms with E-state index < -0.39 is 18.2 Å². The molecule has 1 aromatic rings. The number of carboxylic acids is 1. The molecule has 23 heavy (non-hydrogen) atoms. The van der Waals surface area contributed by atoms with Gasteiger partial charge in [0, 0.05) is 6.54 Å². The highest BCUT2D eigenvalue weighted by Crippen LogP contribution is 2.15. The summed E-state index contributed by atoms with van der Waals surface area (Å²) in [5, 5.41) is 8.97. The second-order valence-electron chi connectivity index (χ2n) is 5.29. The monoisotopic (exact) mass is 323 g/mol. The Bertz CT molecular complexity index is 561. The number of hydrogen-bond donors (Lipinski definition) is 1. The van der Waals surface area contributed by atoms with Crippen molar-refractivity contribution in [2.24, 2.45) is 0 Å². The lowest BCUT2D eigenvalue weighted by Crippen LogP contribution is -2.51. The van der Waals surface area contributed by atoms with E-state index in [0.717, 1.165) is 11.3 Å². The molecule has 0 aromatic heterocycles. The molecule has 1 fully saturated rings. The zero-order valence-electron chi connectivity index (χ0n) is 13.2. The highest BCUT2D eigenvalue weighted by molar-refractivity contribution is 5.82. The molecule has 2 atom stereocenters. The van der Waals surface area contributed by atoms with Gasteiger partial charge in [-0.05, 0) is 24.6 Å². The Morgan fingerprint density at radius 2 is 2.26 bits per heavy atom. The largest absolute Gasteiger partial charge is 0.497 e. The number of aliphatic carboxylic acids is 1. The van der Waals surface area contributed by atoms with Crippen LogP contribution in [0.2, 0.25) is 0 Å². The van der Waals surface area contributed by atoms with Crippen molar-refractivity contribution >= 4 is 11.9 Å². The smallest absolute Gasteiger partial charge is 0.334 e. The maximum Gasteiger partial charge on any atom is 0.334 e. The second kappa shape index (κ2) is 7.94. The molecule has 0 unspecified atom stereocenters. The maximum atomic E-state index is 12.3. The summed E-state index contributed by atoms with van der Waals surface area (Å²) in [5.41, 5.74) is 0.898. The molecule has 1 aromatic carbocycles. The summed E-state index contributed by atoms with van der Waals surface area (Å²) in [6.45, 7) is 2.56. The first-order chi connectivity index (χ1) is 11.0. The van der Waals surface area contributed by atoms with Gasteiger partial charge in [-0.3, -0.25) is 4.79 Å². The van der Waals surface area contributed by atoms with Gasteiger partial charge in [0.05, 0.1) is 26.9 Å². The molecule has 7 heteroatoms. The van der Waals surface area contributed by atoms with E-state index in [2.05, 4.69) is 0 Å². The van der Waals surface area contributed by atoms with Gasteiger partial charge in [0.2, 0.25) is 0 Å². The molecule has 1 aliphatic rings. The van der Waals surface area contributed by atoms with Crippen molar-refractivity contribution in [1.82, 2.24) is 4.90 Å². The van der Waals surface area contributed by atoms with Crippen molar-refractivity contribution in [1.29, 1.82) is 0 Å². The highest BCUT2D eigenvalue weighted by Gasteiger charge is 2.31. The third kappa shape index (κ3) is 4.67. The van der Waals surface area contributed by atoms with Crippen LogP contribution in [0.4, 0.5) is 0 Å². The number of benzene rings is 1. The predicted molar refractivity (Wildman–Crippen MR) is 81.2 cm³/mol. The molecule has 7 nitrogen and oxygen atoms in total. The number of carboxylic acid groups (broad SMARTS) is 1. The van der Waals surface area contributed by atoms with Crippen LogP contribution in [-0.2, 0) is 25.7 Å². The van der Waals surface area contributed by atoms with E-state index in [1.165, 1.54) is 4.90 Å². The van der Waals surface area contributed by atoms with Crippen molar-refractivity contribution in [3.8, 4) is 5.75 Å². The van der Waals surface area contributed by atoms with Crippen molar-refractivity contribution in [2.75, 3.05) is 26.8 Å². The van der Waals surface area contributed by atoms with Gasteiger partial charge in [-0.15, -0.1) is 0 Å². The van der Waals surface area contributed by atoms with E-state index in [1.54, 1.807) is 14.0 Å². The number of hydrogen-bond acceptors (Lipinski definition) is 5.